The predicted octanol–water partition coefficient (Wildman–Crippen LogP) is 3.22. The van der Waals surface area contributed by atoms with E-state index in [0.717, 1.165) is 6.42 Å². The molecule has 1 aromatic carbocycles. The van der Waals surface area contributed by atoms with Crippen LogP contribution in [0.3, 0.4) is 0 Å². The Labute approximate surface area is 128 Å². The average Bonchev–Trinajstić information content (AvgIpc) is 2.70. The van der Waals surface area contributed by atoms with E-state index < -0.39 is 10.0 Å². The van der Waals surface area contributed by atoms with E-state index in [4.69, 9.17) is 0 Å². The molecule has 0 heterocycles. The third kappa shape index (κ3) is 3.77. The molecule has 0 aliphatic heterocycles. The molecule has 2 N–H and O–H groups in total. The minimum Gasteiger partial charge on any atom is -0.381 e. The molecule has 0 saturated heterocycles. The van der Waals surface area contributed by atoms with Crippen molar-refractivity contribution in [2.75, 3.05) is 5.32 Å². The number of benzene rings is 1. The van der Waals surface area contributed by atoms with E-state index in [1.807, 2.05) is 26.0 Å². The first-order valence-corrected chi connectivity index (χ1v) is 9.17. The number of sulfonamides is 1. The molecule has 0 radical (unpaired) electrons. The average molecular weight is 310 g/mol. The molecule has 118 valence electrons. The van der Waals surface area contributed by atoms with Crippen LogP contribution in [0.25, 0.3) is 0 Å². The molecule has 3 unspecified atom stereocenters. The fourth-order valence-electron chi connectivity index (χ4n) is 2.96. The van der Waals surface area contributed by atoms with Gasteiger partial charge in [-0.25, -0.2) is 13.1 Å². The fraction of sp³-hybridized carbons (Fsp3) is 0.625. The lowest BCUT2D eigenvalue weighted by atomic mass is 9.97. The van der Waals surface area contributed by atoms with E-state index in [2.05, 4.69) is 23.9 Å². The summed E-state index contributed by atoms with van der Waals surface area (Å²) in [6.45, 7) is 8.15. The molecule has 1 aromatic rings. The van der Waals surface area contributed by atoms with Gasteiger partial charge in [0.15, 0.2) is 0 Å². The molecule has 1 aliphatic carbocycles. The highest BCUT2D eigenvalue weighted by Gasteiger charge is 2.30. The monoisotopic (exact) mass is 310 g/mol. The Morgan fingerprint density at radius 2 is 1.81 bits per heavy atom. The van der Waals surface area contributed by atoms with Crippen LogP contribution >= 0.6 is 0 Å². The van der Waals surface area contributed by atoms with Crippen molar-refractivity contribution in [1.29, 1.82) is 0 Å². The van der Waals surface area contributed by atoms with Crippen molar-refractivity contribution in [3.05, 3.63) is 24.3 Å². The van der Waals surface area contributed by atoms with Crippen LogP contribution in [0, 0.1) is 11.8 Å². The Bertz CT molecular complexity index is 584. The zero-order valence-corrected chi connectivity index (χ0v) is 14.1. The number of nitrogens with one attached hydrogen (secondary N) is 2. The van der Waals surface area contributed by atoms with E-state index >= 15 is 0 Å². The van der Waals surface area contributed by atoms with Crippen molar-refractivity contribution in [1.82, 2.24) is 4.72 Å². The quantitative estimate of drug-likeness (QED) is 0.878. The summed E-state index contributed by atoms with van der Waals surface area (Å²) in [5.41, 5.74) is 0.705. The summed E-state index contributed by atoms with van der Waals surface area (Å²) < 4.78 is 27.5. The minimum atomic E-state index is -3.48. The predicted molar refractivity (Wildman–Crippen MR) is 86.9 cm³/mol. The van der Waals surface area contributed by atoms with Crippen molar-refractivity contribution in [2.24, 2.45) is 11.8 Å². The first-order chi connectivity index (χ1) is 9.81. The summed E-state index contributed by atoms with van der Waals surface area (Å²) in [6.07, 6.45) is 2.28. The normalized spacial score (nSPS) is 26.2. The van der Waals surface area contributed by atoms with Crippen LogP contribution in [0.15, 0.2) is 29.2 Å². The van der Waals surface area contributed by atoms with Crippen LogP contribution in [-0.2, 0) is 10.0 Å². The van der Waals surface area contributed by atoms with E-state index in [9.17, 15) is 8.42 Å². The minimum absolute atomic E-state index is 0.117. The molecular formula is C16H26N2O2S. The molecule has 4 nitrogen and oxygen atoms in total. The van der Waals surface area contributed by atoms with Crippen LogP contribution < -0.4 is 10.0 Å². The summed E-state index contributed by atoms with van der Waals surface area (Å²) in [6, 6.07) is 7.38. The number of anilines is 1. The Balaban J connectivity index is 2.25. The van der Waals surface area contributed by atoms with Gasteiger partial charge in [0.05, 0.1) is 5.69 Å². The van der Waals surface area contributed by atoms with Gasteiger partial charge >= 0.3 is 0 Å². The van der Waals surface area contributed by atoms with Crippen molar-refractivity contribution in [3.8, 4) is 0 Å². The Morgan fingerprint density at radius 3 is 2.38 bits per heavy atom. The second-order valence-electron chi connectivity index (χ2n) is 6.44. The largest absolute Gasteiger partial charge is 0.381 e. The van der Waals surface area contributed by atoms with Crippen LogP contribution in [0.2, 0.25) is 0 Å². The highest BCUT2D eigenvalue weighted by Crippen LogP contribution is 2.34. The summed E-state index contributed by atoms with van der Waals surface area (Å²) in [7, 11) is -3.48. The molecule has 1 aliphatic rings. The fourth-order valence-corrected chi connectivity index (χ4v) is 4.38. The molecule has 0 spiro atoms. The molecule has 1 saturated carbocycles. The third-order valence-corrected chi connectivity index (χ3v) is 6.09. The highest BCUT2D eigenvalue weighted by atomic mass is 32.2. The lowest BCUT2D eigenvalue weighted by Gasteiger charge is -2.23. The molecule has 0 bridgehead atoms. The molecule has 0 amide bonds. The second kappa shape index (κ2) is 6.36. The maximum absolute atomic E-state index is 12.4. The Morgan fingerprint density at radius 1 is 1.14 bits per heavy atom. The number of rotatable bonds is 5. The number of hydrogen-bond donors (Lipinski definition) is 2. The van der Waals surface area contributed by atoms with Gasteiger partial charge in [0.25, 0.3) is 0 Å². The lowest BCUT2D eigenvalue weighted by Crippen LogP contribution is -2.32. The smallest absolute Gasteiger partial charge is 0.242 e. The van der Waals surface area contributed by atoms with Gasteiger partial charge in [-0.15, -0.1) is 0 Å². The van der Waals surface area contributed by atoms with Gasteiger partial charge in [0, 0.05) is 12.1 Å². The zero-order valence-electron chi connectivity index (χ0n) is 13.3. The summed E-state index contributed by atoms with van der Waals surface area (Å²) in [4.78, 5) is 0.338. The molecule has 1 fully saturated rings. The first kappa shape index (κ1) is 16.3. The van der Waals surface area contributed by atoms with E-state index in [0.29, 0.717) is 28.5 Å². The Hall–Kier alpha value is -1.07. The van der Waals surface area contributed by atoms with Crippen LogP contribution in [-0.4, -0.2) is 20.5 Å². The van der Waals surface area contributed by atoms with Crippen molar-refractivity contribution >= 4 is 15.7 Å². The molecule has 5 heteroatoms. The van der Waals surface area contributed by atoms with Gasteiger partial charge in [-0.05, 0) is 50.7 Å². The maximum atomic E-state index is 12.4. The van der Waals surface area contributed by atoms with Crippen molar-refractivity contribution in [2.45, 2.75) is 57.5 Å². The SMILES string of the molecule is CC(C)NS(=O)(=O)c1ccccc1NC1CCC(C)C1C. The molecule has 2 rings (SSSR count). The van der Waals surface area contributed by atoms with Crippen molar-refractivity contribution in [3.63, 3.8) is 0 Å². The van der Waals surface area contributed by atoms with Crippen LogP contribution in [0.5, 0.6) is 0 Å². The second-order valence-corrected chi connectivity index (χ2v) is 8.12. The summed E-state index contributed by atoms with van der Waals surface area (Å²) in [5.74, 6) is 1.24. The molecule has 3 atom stereocenters. The van der Waals surface area contributed by atoms with Gasteiger partial charge in [-0.2, -0.15) is 0 Å². The van der Waals surface area contributed by atoms with Crippen LogP contribution in [0.1, 0.15) is 40.5 Å². The summed E-state index contributed by atoms with van der Waals surface area (Å²) in [5, 5.41) is 3.45. The molecular weight excluding hydrogens is 284 g/mol. The van der Waals surface area contributed by atoms with Gasteiger partial charge in [-0.3, -0.25) is 0 Å². The highest BCUT2D eigenvalue weighted by molar-refractivity contribution is 7.89. The standard InChI is InChI=1S/C16H26N2O2S/c1-11(2)18-21(19,20)16-8-6-5-7-15(16)17-14-10-9-12(3)13(14)4/h5-8,11-14,17-18H,9-10H2,1-4H3. The maximum Gasteiger partial charge on any atom is 0.242 e. The number of hydrogen-bond acceptors (Lipinski definition) is 3. The first-order valence-electron chi connectivity index (χ1n) is 7.69. The van der Waals surface area contributed by atoms with Gasteiger partial charge in [-0.1, -0.05) is 26.0 Å². The van der Waals surface area contributed by atoms with E-state index in [1.165, 1.54) is 6.42 Å². The topological polar surface area (TPSA) is 58.2 Å². The summed E-state index contributed by atoms with van der Waals surface area (Å²) >= 11 is 0. The number of para-hydroxylation sites is 1. The third-order valence-electron chi connectivity index (χ3n) is 4.37. The van der Waals surface area contributed by atoms with Gasteiger partial charge in [0.2, 0.25) is 10.0 Å². The van der Waals surface area contributed by atoms with Gasteiger partial charge in [0.1, 0.15) is 4.90 Å². The van der Waals surface area contributed by atoms with Crippen LogP contribution in [0.4, 0.5) is 5.69 Å². The Kier molecular flexibility index (Phi) is 4.94. The van der Waals surface area contributed by atoms with Gasteiger partial charge < -0.3 is 5.32 Å². The van der Waals surface area contributed by atoms with E-state index in [1.54, 1.807) is 12.1 Å². The van der Waals surface area contributed by atoms with E-state index in [-0.39, 0.29) is 6.04 Å². The lowest BCUT2D eigenvalue weighted by molar-refractivity contribution is 0.435. The zero-order chi connectivity index (χ0) is 15.6. The van der Waals surface area contributed by atoms with Crippen molar-refractivity contribution < 1.29 is 8.42 Å². The molecule has 0 aromatic heterocycles. The molecule has 21 heavy (non-hydrogen) atoms.